The van der Waals surface area contributed by atoms with Gasteiger partial charge in [0, 0.05) is 18.5 Å². The molecule has 2 nitrogen and oxygen atoms in total. The van der Waals surface area contributed by atoms with Gasteiger partial charge in [-0.15, -0.1) is 0 Å². The van der Waals surface area contributed by atoms with Crippen LogP contribution in [0.3, 0.4) is 0 Å². The molecule has 1 aromatic carbocycles. The molecule has 0 aliphatic rings. The SMILES string of the molecule is Cc1ccc([C@H](C)N[C@H](C)CCc2ccco2)cc1. The van der Waals surface area contributed by atoms with E-state index in [9.17, 15) is 0 Å². The molecule has 0 radical (unpaired) electrons. The van der Waals surface area contributed by atoms with Crippen molar-refractivity contribution in [3.05, 3.63) is 59.5 Å². The Morgan fingerprint density at radius 3 is 2.47 bits per heavy atom. The van der Waals surface area contributed by atoms with E-state index in [0.717, 1.165) is 18.6 Å². The first-order valence-electron chi connectivity index (χ1n) is 7.00. The lowest BCUT2D eigenvalue weighted by molar-refractivity contribution is 0.430. The highest BCUT2D eigenvalue weighted by molar-refractivity contribution is 5.23. The highest BCUT2D eigenvalue weighted by Crippen LogP contribution is 2.15. The average molecular weight is 257 g/mol. The van der Waals surface area contributed by atoms with Crippen molar-refractivity contribution >= 4 is 0 Å². The lowest BCUT2D eigenvalue weighted by Crippen LogP contribution is -2.29. The zero-order chi connectivity index (χ0) is 13.7. The van der Waals surface area contributed by atoms with Gasteiger partial charge in [0.1, 0.15) is 5.76 Å². The van der Waals surface area contributed by atoms with E-state index < -0.39 is 0 Å². The topological polar surface area (TPSA) is 25.2 Å². The van der Waals surface area contributed by atoms with E-state index in [2.05, 4.69) is 50.4 Å². The first-order valence-corrected chi connectivity index (χ1v) is 7.00. The number of hydrogen-bond donors (Lipinski definition) is 1. The molecule has 1 heterocycles. The zero-order valence-corrected chi connectivity index (χ0v) is 12.0. The summed E-state index contributed by atoms with van der Waals surface area (Å²) in [7, 11) is 0. The molecule has 1 aromatic heterocycles. The molecule has 2 aromatic rings. The summed E-state index contributed by atoms with van der Waals surface area (Å²) in [6.07, 6.45) is 3.81. The van der Waals surface area contributed by atoms with Crippen molar-refractivity contribution < 1.29 is 4.42 Å². The second-order valence-corrected chi connectivity index (χ2v) is 5.32. The number of aryl methyl sites for hydroxylation is 2. The number of benzene rings is 1. The molecule has 0 saturated carbocycles. The van der Waals surface area contributed by atoms with Gasteiger partial charge in [-0.1, -0.05) is 29.8 Å². The molecule has 2 heteroatoms. The molecule has 0 aliphatic heterocycles. The predicted molar refractivity (Wildman–Crippen MR) is 79.2 cm³/mol. The smallest absolute Gasteiger partial charge is 0.103 e. The normalized spacial score (nSPS) is 14.3. The summed E-state index contributed by atoms with van der Waals surface area (Å²) in [6, 6.07) is 13.6. The van der Waals surface area contributed by atoms with Gasteiger partial charge in [-0.05, 0) is 44.9 Å². The van der Waals surface area contributed by atoms with Gasteiger partial charge >= 0.3 is 0 Å². The van der Waals surface area contributed by atoms with E-state index in [-0.39, 0.29) is 0 Å². The first kappa shape index (κ1) is 13.9. The second-order valence-electron chi connectivity index (χ2n) is 5.32. The molecule has 0 unspecified atom stereocenters. The van der Waals surface area contributed by atoms with Crippen LogP contribution in [0.25, 0.3) is 0 Å². The minimum Gasteiger partial charge on any atom is -0.469 e. The van der Waals surface area contributed by atoms with Crippen molar-refractivity contribution in [3.8, 4) is 0 Å². The summed E-state index contributed by atoms with van der Waals surface area (Å²) in [6.45, 7) is 6.57. The Labute approximate surface area is 115 Å². The minimum absolute atomic E-state index is 0.382. The Morgan fingerprint density at radius 1 is 1.11 bits per heavy atom. The molecule has 19 heavy (non-hydrogen) atoms. The van der Waals surface area contributed by atoms with Crippen molar-refractivity contribution in [2.75, 3.05) is 0 Å². The summed E-state index contributed by atoms with van der Waals surface area (Å²) in [5.74, 6) is 1.07. The van der Waals surface area contributed by atoms with Gasteiger partial charge in [-0.3, -0.25) is 0 Å². The van der Waals surface area contributed by atoms with Crippen LogP contribution in [0, 0.1) is 6.92 Å². The molecule has 2 rings (SSSR count). The Hall–Kier alpha value is -1.54. The predicted octanol–water partition coefficient (Wildman–Crippen LogP) is 4.26. The van der Waals surface area contributed by atoms with Gasteiger partial charge in [0.15, 0.2) is 0 Å². The Balaban J connectivity index is 1.81. The van der Waals surface area contributed by atoms with Gasteiger partial charge in [0.2, 0.25) is 0 Å². The van der Waals surface area contributed by atoms with Crippen LogP contribution in [-0.2, 0) is 6.42 Å². The van der Waals surface area contributed by atoms with Crippen LogP contribution in [-0.4, -0.2) is 6.04 Å². The molecule has 102 valence electrons. The van der Waals surface area contributed by atoms with E-state index >= 15 is 0 Å². The molecular formula is C17H23NO. The van der Waals surface area contributed by atoms with Crippen LogP contribution >= 0.6 is 0 Å². The monoisotopic (exact) mass is 257 g/mol. The lowest BCUT2D eigenvalue weighted by Gasteiger charge is -2.20. The average Bonchev–Trinajstić information content (AvgIpc) is 2.90. The van der Waals surface area contributed by atoms with Crippen LogP contribution < -0.4 is 5.32 Å². The fraction of sp³-hybridized carbons (Fsp3) is 0.412. The highest BCUT2D eigenvalue weighted by atomic mass is 16.3. The molecule has 0 spiro atoms. The van der Waals surface area contributed by atoms with Crippen molar-refractivity contribution in [2.24, 2.45) is 0 Å². The molecule has 0 amide bonds. The van der Waals surface area contributed by atoms with Gasteiger partial charge in [0.05, 0.1) is 6.26 Å². The summed E-state index contributed by atoms with van der Waals surface area (Å²) < 4.78 is 5.36. The number of hydrogen-bond acceptors (Lipinski definition) is 2. The molecule has 1 N–H and O–H groups in total. The standard InChI is InChI=1S/C17H23NO/c1-13-6-9-16(10-7-13)15(3)18-14(2)8-11-17-5-4-12-19-17/h4-7,9-10,12,14-15,18H,8,11H2,1-3H3/t14-,15+/m1/s1. The van der Waals surface area contributed by atoms with Crippen molar-refractivity contribution in [1.29, 1.82) is 0 Å². The molecule has 0 bridgehead atoms. The highest BCUT2D eigenvalue weighted by Gasteiger charge is 2.09. The first-order chi connectivity index (χ1) is 9.15. The largest absolute Gasteiger partial charge is 0.469 e. The van der Waals surface area contributed by atoms with Crippen LogP contribution in [0.5, 0.6) is 0 Å². The van der Waals surface area contributed by atoms with Crippen molar-refractivity contribution in [1.82, 2.24) is 5.32 Å². The van der Waals surface area contributed by atoms with Crippen LogP contribution in [0.4, 0.5) is 0 Å². The van der Waals surface area contributed by atoms with Gasteiger partial charge in [-0.25, -0.2) is 0 Å². The third-order valence-corrected chi connectivity index (χ3v) is 3.52. The van der Waals surface area contributed by atoms with Crippen molar-refractivity contribution in [2.45, 2.75) is 45.7 Å². The fourth-order valence-electron chi connectivity index (χ4n) is 2.28. The fourth-order valence-corrected chi connectivity index (χ4v) is 2.28. The van der Waals surface area contributed by atoms with E-state index in [1.807, 2.05) is 12.1 Å². The summed E-state index contributed by atoms with van der Waals surface area (Å²) in [5, 5.41) is 3.64. The quantitative estimate of drug-likeness (QED) is 0.836. The molecule has 2 atom stereocenters. The third kappa shape index (κ3) is 4.25. The van der Waals surface area contributed by atoms with Crippen LogP contribution in [0.15, 0.2) is 47.1 Å². The van der Waals surface area contributed by atoms with Crippen LogP contribution in [0.1, 0.15) is 43.2 Å². The van der Waals surface area contributed by atoms with E-state index in [4.69, 9.17) is 4.42 Å². The number of rotatable bonds is 6. The second kappa shape index (κ2) is 6.58. The Bertz CT molecular complexity index is 472. The number of furan rings is 1. The van der Waals surface area contributed by atoms with Gasteiger partial charge in [0.25, 0.3) is 0 Å². The number of nitrogens with one attached hydrogen (secondary N) is 1. The van der Waals surface area contributed by atoms with Gasteiger partial charge in [-0.2, -0.15) is 0 Å². The third-order valence-electron chi connectivity index (χ3n) is 3.52. The molecule has 0 aliphatic carbocycles. The van der Waals surface area contributed by atoms with E-state index in [0.29, 0.717) is 12.1 Å². The molecule has 0 fully saturated rings. The summed E-state index contributed by atoms with van der Waals surface area (Å²) in [4.78, 5) is 0. The van der Waals surface area contributed by atoms with E-state index in [1.54, 1.807) is 6.26 Å². The Kier molecular flexibility index (Phi) is 4.80. The van der Waals surface area contributed by atoms with E-state index in [1.165, 1.54) is 11.1 Å². The molecule has 0 saturated heterocycles. The Morgan fingerprint density at radius 2 is 1.84 bits per heavy atom. The molecular weight excluding hydrogens is 234 g/mol. The van der Waals surface area contributed by atoms with Gasteiger partial charge < -0.3 is 9.73 Å². The van der Waals surface area contributed by atoms with Crippen LogP contribution in [0.2, 0.25) is 0 Å². The maximum atomic E-state index is 5.36. The summed E-state index contributed by atoms with van der Waals surface area (Å²) in [5.41, 5.74) is 2.65. The van der Waals surface area contributed by atoms with Crippen molar-refractivity contribution in [3.63, 3.8) is 0 Å². The minimum atomic E-state index is 0.382. The maximum Gasteiger partial charge on any atom is 0.103 e. The maximum absolute atomic E-state index is 5.36. The lowest BCUT2D eigenvalue weighted by atomic mass is 10.0. The zero-order valence-electron chi connectivity index (χ0n) is 12.0. The summed E-state index contributed by atoms with van der Waals surface area (Å²) >= 11 is 0.